The molecule has 0 aromatic carbocycles. The molecule has 1 N–H and O–H groups in total. The van der Waals surface area contributed by atoms with Gasteiger partial charge in [-0.05, 0) is 25.3 Å². The molecule has 4 heteroatoms. The quantitative estimate of drug-likeness (QED) is 0.776. The van der Waals surface area contributed by atoms with Crippen LogP contribution in [0.1, 0.15) is 52.9 Å². The SMILES string of the molecule is CCCN(C(=O)CC(CC)CC)C1CCNC1.Cl. The Morgan fingerprint density at radius 2 is 2.00 bits per heavy atom. The number of carbonyl (C=O) groups excluding carboxylic acids is 1. The van der Waals surface area contributed by atoms with E-state index in [-0.39, 0.29) is 12.4 Å². The third-order valence-electron chi connectivity index (χ3n) is 3.88. The lowest BCUT2D eigenvalue weighted by molar-refractivity contribution is -0.134. The van der Waals surface area contributed by atoms with Crippen LogP contribution in [0.5, 0.6) is 0 Å². The molecule has 1 heterocycles. The molecule has 1 unspecified atom stereocenters. The highest BCUT2D eigenvalue weighted by molar-refractivity contribution is 5.85. The summed E-state index contributed by atoms with van der Waals surface area (Å²) in [5.41, 5.74) is 0. The van der Waals surface area contributed by atoms with Crippen molar-refractivity contribution in [2.45, 2.75) is 58.9 Å². The van der Waals surface area contributed by atoms with Gasteiger partial charge in [0, 0.05) is 25.6 Å². The van der Waals surface area contributed by atoms with Gasteiger partial charge in [-0.25, -0.2) is 0 Å². The van der Waals surface area contributed by atoms with Crippen LogP contribution >= 0.6 is 12.4 Å². The number of hydrogen-bond donors (Lipinski definition) is 1. The van der Waals surface area contributed by atoms with E-state index in [4.69, 9.17) is 0 Å². The summed E-state index contributed by atoms with van der Waals surface area (Å²) in [5, 5.41) is 3.35. The Morgan fingerprint density at radius 3 is 2.44 bits per heavy atom. The summed E-state index contributed by atoms with van der Waals surface area (Å²) >= 11 is 0. The lowest BCUT2D eigenvalue weighted by Gasteiger charge is -2.29. The maximum atomic E-state index is 12.3. The van der Waals surface area contributed by atoms with E-state index in [0.717, 1.165) is 51.7 Å². The molecule has 0 spiro atoms. The Balaban J connectivity index is 0.00000289. The van der Waals surface area contributed by atoms with Crippen LogP contribution in [-0.2, 0) is 4.79 Å². The van der Waals surface area contributed by atoms with E-state index >= 15 is 0 Å². The van der Waals surface area contributed by atoms with Gasteiger partial charge < -0.3 is 10.2 Å². The highest BCUT2D eigenvalue weighted by atomic mass is 35.5. The molecule has 18 heavy (non-hydrogen) atoms. The Kier molecular flexibility index (Phi) is 9.47. The molecule has 1 atom stereocenters. The second-order valence-electron chi connectivity index (χ2n) is 5.12. The first-order chi connectivity index (χ1) is 8.22. The smallest absolute Gasteiger partial charge is 0.223 e. The third kappa shape index (κ3) is 5.15. The summed E-state index contributed by atoms with van der Waals surface area (Å²) in [6.07, 6.45) is 5.15. The highest BCUT2D eigenvalue weighted by Crippen LogP contribution is 2.17. The molecule has 1 aliphatic heterocycles. The van der Waals surface area contributed by atoms with Crippen molar-refractivity contribution in [3.8, 4) is 0 Å². The summed E-state index contributed by atoms with van der Waals surface area (Å²) in [6, 6.07) is 0.441. The van der Waals surface area contributed by atoms with Gasteiger partial charge in [-0.2, -0.15) is 0 Å². The number of nitrogens with zero attached hydrogens (tertiary/aromatic N) is 1. The molecule has 1 fully saturated rings. The molecule has 0 aliphatic carbocycles. The van der Waals surface area contributed by atoms with Crippen LogP contribution in [0.2, 0.25) is 0 Å². The number of carbonyl (C=O) groups is 1. The first-order valence-electron chi connectivity index (χ1n) is 7.23. The van der Waals surface area contributed by atoms with Crippen molar-refractivity contribution in [2.24, 2.45) is 5.92 Å². The van der Waals surface area contributed by atoms with Gasteiger partial charge in [-0.1, -0.05) is 33.6 Å². The monoisotopic (exact) mass is 276 g/mol. The molecule has 0 bridgehead atoms. The zero-order chi connectivity index (χ0) is 12.7. The number of rotatable bonds is 7. The standard InChI is InChI=1S/C14H28N2O.ClH/c1-4-9-16(13-7-8-15-11-13)14(17)10-12(5-2)6-3;/h12-13,15H,4-11H2,1-3H3;1H. The number of amides is 1. The van der Waals surface area contributed by atoms with Gasteiger partial charge in [0.05, 0.1) is 0 Å². The van der Waals surface area contributed by atoms with E-state index in [0.29, 0.717) is 17.9 Å². The number of hydrogen-bond acceptors (Lipinski definition) is 2. The van der Waals surface area contributed by atoms with Crippen molar-refractivity contribution in [3.63, 3.8) is 0 Å². The van der Waals surface area contributed by atoms with Crippen molar-refractivity contribution >= 4 is 18.3 Å². The summed E-state index contributed by atoms with van der Waals surface area (Å²) < 4.78 is 0. The van der Waals surface area contributed by atoms with Gasteiger partial charge in [-0.3, -0.25) is 4.79 Å². The molecule has 3 nitrogen and oxygen atoms in total. The number of nitrogens with one attached hydrogen (secondary N) is 1. The molecule has 0 aromatic heterocycles. The average molecular weight is 277 g/mol. The minimum Gasteiger partial charge on any atom is -0.338 e. The Labute approximate surface area is 118 Å². The normalized spacial score (nSPS) is 18.8. The molecule has 1 amide bonds. The van der Waals surface area contributed by atoms with Gasteiger partial charge in [0.15, 0.2) is 0 Å². The average Bonchev–Trinajstić information content (AvgIpc) is 2.86. The van der Waals surface area contributed by atoms with E-state index in [1.165, 1.54) is 0 Å². The molecule has 0 saturated carbocycles. The van der Waals surface area contributed by atoms with Crippen LogP contribution in [0.4, 0.5) is 0 Å². The van der Waals surface area contributed by atoms with Crippen LogP contribution in [0.25, 0.3) is 0 Å². The largest absolute Gasteiger partial charge is 0.338 e. The first-order valence-corrected chi connectivity index (χ1v) is 7.23. The fourth-order valence-electron chi connectivity index (χ4n) is 2.60. The molecule has 0 radical (unpaired) electrons. The van der Waals surface area contributed by atoms with E-state index in [1.54, 1.807) is 0 Å². The van der Waals surface area contributed by atoms with Crippen molar-refractivity contribution in [1.82, 2.24) is 10.2 Å². The number of halogens is 1. The summed E-state index contributed by atoms with van der Waals surface area (Å²) in [5.74, 6) is 0.936. The van der Waals surface area contributed by atoms with Crippen LogP contribution in [0, 0.1) is 5.92 Å². The third-order valence-corrected chi connectivity index (χ3v) is 3.88. The van der Waals surface area contributed by atoms with Gasteiger partial charge in [-0.15, -0.1) is 12.4 Å². The fourth-order valence-corrected chi connectivity index (χ4v) is 2.60. The first kappa shape index (κ1) is 17.7. The summed E-state index contributed by atoms with van der Waals surface area (Å²) in [6.45, 7) is 9.48. The Hall–Kier alpha value is -0.280. The van der Waals surface area contributed by atoms with E-state index in [2.05, 4.69) is 31.0 Å². The minimum atomic E-state index is 0. The van der Waals surface area contributed by atoms with Crippen molar-refractivity contribution in [3.05, 3.63) is 0 Å². The zero-order valence-corrected chi connectivity index (χ0v) is 12.9. The van der Waals surface area contributed by atoms with Gasteiger partial charge >= 0.3 is 0 Å². The van der Waals surface area contributed by atoms with E-state index in [9.17, 15) is 4.79 Å². The lowest BCUT2D eigenvalue weighted by atomic mass is 9.98. The van der Waals surface area contributed by atoms with Crippen molar-refractivity contribution < 1.29 is 4.79 Å². The molecule has 1 rings (SSSR count). The molecule has 108 valence electrons. The second kappa shape index (κ2) is 9.62. The van der Waals surface area contributed by atoms with Crippen molar-refractivity contribution in [1.29, 1.82) is 0 Å². The van der Waals surface area contributed by atoms with E-state index < -0.39 is 0 Å². The maximum Gasteiger partial charge on any atom is 0.223 e. The molecule has 1 saturated heterocycles. The fraction of sp³-hybridized carbons (Fsp3) is 0.929. The minimum absolute atomic E-state index is 0. The van der Waals surface area contributed by atoms with Crippen LogP contribution < -0.4 is 5.32 Å². The molecule has 0 aromatic rings. The van der Waals surface area contributed by atoms with Gasteiger partial charge in [0.25, 0.3) is 0 Å². The van der Waals surface area contributed by atoms with Crippen LogP contribution in [0.15, 0.2) is 0 Å². The van der Waals surface area contributed by atoms with Crippen LogP contribution in [-0.4, -0.2) is 36.5 Å². The van der Waals surface area contributed by atoms with Gasteiger partial charge in [0.2, 0.25) is 5.91 Å². The maximum absolute atomic E-state index is 12.3. The second-order valence-corrected chi connectivity index (χ2v) is 5.12. The lowest BCUT2D eigenvalue weighted by Crippen LogP contribution is -2.42. The van der Waals surface area contributed by atoms with Gasteiger partial charge in [0.1, 0.15) is 0 Å². The Morgan fingerprint density at radius 1 is 1.33 bits per heavy atom. The highest BCUT2D eigenvalue weighted by Gasteiger charge is 2.26. The molecule has 1 aliphatic rings. The zero-order valence-electron chi connectivity index (χ0n) is 12.1. The predicted molar refractivity (Wildman–Crippen MR) is 79.2 cm³/mol. The summed E-state index contributed by atoms with van der Waals surface area (Å²) in [7, 11) is 0. The topological polar surface area (TPSA) is 32.3 Å². The predicted octanol–water partition coefficient (Wildman–Crippen LogP) is 2.84. The Bertz CT molecular complexity index is 226. The summed E-state index contributed by atoms with van der Waals surface area (Å²) in [4.78, 5) is 14.5. The van der Waals surface area contributed by atoms with Crippen LogP contribution in [0.3, 0.4) is 0 Å². The van der Waals surface area contributed by atoms with E-state index in [1.807, 2.05) is 0 Å². The molecular formula is C14H29ClN2O. The molecular weight excluding hydrogens is 248 g/mol. The van der Waals surface area contributed by atoms with Crippen molar-refractivity contribution in [2.75, 3.05) is 19.6 Å².